The van der Waals surface area contributed by atoms with Gasteiger partial charge in [-0.15, -0.1) is 0 Å². The summed E-state index contributed by atoms with van der Waals surface area (Å²) in [5.74, 6) is 0.247. The number of piperidine rings is 1. The number of likely N-dealkylation sites (tertiary alicyclic amines) is 1. The number of fused-ring (bicyclic) bond motifs is 1. The van der Waals surface area contributed by atoms with Crippen LogP contribution in [0.5, 0.6) is 0 Å². The van der Waals surface area contributed by atoms with E-state index in [0.717, 1.165) is 58.0 Å². The Morgan fingerprint density at radius 1 is 0.971 bits per heavy atom. The summed E-state index contributed by atoms with van der Waals surface area (Å²) in [5, 5.41) is 5.99. The van der Waals surface area contributed by atoms with E-state index >= 15 is 0 Å². The lowest BCUT2D eigenvalue weighted by atomic mass is 9.68. The van der Waals surface area contributed by atoms with Crippen LogP contribution < -0.4 is 5.32 Å². The van der Waals surface area contributed by atoms with Crippen LogP contribution in [0.1, 0.15) is 44.1 Å². The number of carbonyl (C=O) groups is 1. The Balaban J connectivity index is 1.41. The van der Waals surface area contributed by atoms with Crippen molar-refractivity contribution < 1.29 is 9.53 Å². The van der Waals surface area contributed by atoms with E-state index in [4.69, 9.17) is 4.74 Å². The highest BCUT2D eigenvalue weighted by molar-refractivity contribution is 5.96. The Hall–Kier alpha value is -2.69. The van der Waals surface area contributed by atoms with Gasteiger partial charge in [-0.25, -0.2) is 0 Å². The van der Waals surface area contributed by atoms with Gasteiger partial charge in [-0.3, -0.25) is 4.79 Å². The fourth-order valence-electron chi connectivity index (χ4n) is 6.07. The molecule has 1 N–H and O–H groups in total. The maximum atomic E-state index is 13.8. The van der Waals surface area contributed by atoms with Gasteiger partial charge in [0.2, 0.25) is 5.91 Å². The first-order chi connectivity index (χ1) is 17.1. The van der Waals surface area contributed by atoms with Crippen molar-refractivity contribution in [2.45, 2.75) is 57.1 Å². The number of nitrogens with one attached hydrogen (secondary N) is 1. The lowest BCUT2D eigenvalue weighted by Crippen LogP contribution is -2.51. The molecule has 0 bridgehead atoms. The van der Waals surface area contributed by atoms with Gasteiger partial charge in [-0.05, 0) is 92.5 Å². The lowest BCUT2D eigenvalue weighted by Gasteiger charge is -2.40. The van der Waals surface area contributed by atoms with E-state index in [1.54, 1.807) is 7.11 Å². The van der Waals surface area contributed by atoms with Gasteiger partial charge in [-0.1, -0.05) is 66.7 Å². The number of rotatable bonds is 6. The van der Waals surface area contributed by atoms with E-state index in [1.807, 2.05) is 0 Å². The third kappa shape index (κ3) is 5.29. The highest BCUT2D eigenvalue weighted by atomic mass is 16.5. The van der Waals surface area contributed by atoms with Crippen LogP contribution >= 0.6 is 0 Å². The first-order valence-electron chi connectivity index (χ1n) is 13.2. The molecular formula is C31H38N2O2. The van der Waals surface area contributed by atoms with E-state index in [-0.39, 0.29) is 23.5 Å². The SMILES string of the molecule is COC1CCC(Cc2cccc(-c3cccc4ccccc34)c2)(C(=O)NC2CCN(C)CC2)CC1. The molecule has 2 aliphatic rings. The third-order valence-electron chi connectivity index (χ3n) is 8.33. The van der Waals surface area contributed by atoms with Gasteiger partial charge >= 0.3 is 0 Å². The fraction of sp³-hybridized carbons (Fsp3) is 0.452. The van der Waals surface area contributed by atoms with Crippen LogP contribution in [0.15, 0.2) is 66.7 Å². The first-order valence-corrected chi connectivity index (χ1v) is 13.2. The molecule has 1 aliphatic heterocycles. The quantitative estimate of drug-likeness (QED) is 0.492. The standard InChI is InChI=1S/C31H38N2O2/c1-33-19-15-26(16-20-33)32-30(34)31(17-13-27(35-2)14-18-31)22-23-7-5-10-25(21-23)29-12-6-9-24-8-3-4-11-28(24)29/h3-12,21,26-27H,13-20,22H2,1-2H3,(H,32,34). The summed E-state index contributed by atoms with van der Waals surface area (Å²) in [6, 6.07) is 24.2. The largest absolute Gasteiger partial charge is 0.381 e. The van der Waals surface area contributed by atoms with Crippen LogP contribution in [0.3, 0.4) is 0 Å². The zero-order valence-corrected chi connectivity index (χ0v) is 21.1. The van der Waals surface area contributed by atoms with E-state index in [2.05, 4.69) is 84.0 Å². The fourth-order valence-corrected chi connectivity index (χ4v) is 6.07. The number of carbonyl (C=O) groups excluding carboxylic acids is 1. The number of nitrogens with zero attached hydrogens (tertiary/aromatic N) is 1. The molecule has 0 radical (unpaired) electrons. The molecule has 4 heteroatoms. The molecule has 3 aromatic rings. The summed E-state index contributed by atoms with van der Waals surface area (Å²) in [5.41, 5.74) is 3.34. The molecule has 1 amide bonds. The molecule has 1 aliphatic carbocycles. The van der Waals surface area contributed by atoms with Crippen LogP contribution in [0, 0.1) is 5.41 Å². The van der Waals surface area contributed by atoms with Crippen molar-refractivity contribution >= 4 is 16.7 Å². The number of hydrogen-bond acceptors (Lipinski definition) is 3. The van der Waals surface area contributed by atoms with Gasteiger partial charge in [0.1, 0.15) is 0 Å². The number of methoxy groups -OCH3 is 1. The average Bonchev–Trinajstić information content (AvgIpc) is 2.90. The van der Waals surface area contributed by atoms with Crippen molar-refractivity contribution in [2.24, 2.45) is 5.41 Å². The van der Waals surface area contributed by atoms with Crippen LogP contribution in [0.25, 0.3) is 21.9 Å². The van der Waals surface area contributed by atoms with Crippen LogP contribution in [-0.2, 0) is 16.0 Å². The molecule has 1 saturated heterocycles. The van der Waals surface area contributed by atoms with E-state index in [0.29, 0.717) is 0 Å². The van der Waals surface area contributed by atoms with Crippen molar-refractivity contribution in [3.8, 4) is 11.1 Å². The second kappa shape index (κ2) is 10.5. The predicted octanol–water partition coefficient (Wildman–Crippen LogP) is 5.84. The summed E-state index contributed by atoms with van der Waals surface area (Å²) < 4.78 is 5.66. The molecular weight excluding hydrogens is 432 g/mol. The molecule has 0 atom stereocenters. The molecule has 0 spiro atoms. The van der Waals surface area contributed by atoms with Crippen molar-refractivity contribution in [3.63, 3.8) is 0 Å². The minimum absolute atomic E-state index is 0.247. The second-order valence-corrected chi connectivity index (χ2v) is 10.7. The second-order valence-electron chi connectivity index (χ2n) is 10.7. The molecule has 3 aromatic carbocycles. The highest BCUT2D eigenvalue weighted by Crippen LogP contribution is 2.41. The molecule has 1 saturated carbocycles. The van der Waals surface area contributed by atoms with Crippen molar-refractivity contribution in [3.05, 3.63) is 72.3 Å². The lowest BCUT2D eigenvalue weighted by molar-refractivity contribution is -0.135. The molecule has 0 aromatic heterocycles. The van der Waals surface area contributed by atoms with Crippen LogP contribution in [0.2, 0.25) is 0 Å². The molecule has 1 heterocycles. The van der Waals surface area contributed by atoms with Gasteiger partial charge in [-0.2, -0.15) is 0 Å². The number of amides is 1. The average molecular weight is 471 g/mol. The monoisotopic (exact) mass is 470 g/mol. The van der Waals surface area contributed by atoms with Crippen LogP contribution in [0.4, 0.5) is 0 Å². The topological polar surface area (TPSA) is 41.6 Å². The molecule has 35 heavy (non-hydrogen) atoms. The van der Waals surface area contributed by atoms with Crippen molar-refractivity contribution in [1.82, 2.24) is 10.2 Å². The van der Waals surface area contributed by atoms with E-state index in [1.165, 1.54) is 27.5 Å². The summed E-state index contributed by atoms with van der Waals surface area (Å²) >= 11 is 0. The van der Waals surface area contributed by atoms with Gasteiger partial charge in [0, 0.05) is 13.2 Å². The van der Waals surface area contributed by atoms with Gasteiger partial charge in [0.25, 0.3) is 0 Å². The minimum atomic E-state index is -0.365. The molecule has 2 fully saturated rings. The maximum absolute atomic E-state index is 13.8. The zero-order chi connectivity index (χ0) is 24.3. The molecule has 5 rings (SSSR count). The van der Waals surface area contributed by atoms with Crippen molar-refractivity contribution in [2.75, 3.05) is 27.2 Å². The van der Waals surface area contributed by atoms with Gasteiger partial charge in [0.05, 0.1) is 11.5 Å². The zero-order valence-electron chi connectivity index (χ0n) is 21.1. The van der Waals surface area contributed by atoms with E-state index < -0.39 is 0 Å². The predicted molar refractivity (Wildman–Crippen MR) is 143 cm³/mol. The van der Waals surface area contributed by atoms with Crippen LogP contribution in [-0.4, -0.2) is 50.2 Å². The van der Waals surface area contributed by atoms with Gasteiger partial charge in [0.15, 0.2) is 0 Å². The highest BCUT2D eigenvalue weighted by Gasteiger charge is 2.42. The maximum Gasteiger partial charge on any atom is 0.226 e. The number of benzene rings is 3. The number of hydrogen-bond donors (Lipinski definition) is 1. The van der Waals surface area contributed by atoms with Crippen molar-refractivity contribution in [1.29, 1.82) is 0 Å². The van der Waals surface area contributed by atoms with Gasteiger partial charge < -0.3 is 15.0 Å². The smallest absolute Gasteiger partial charge is 0.226 e. The molecule has 4 nitrogen and oxygen atoms in total. The summed E-state index contributed by atoms with van der Waals surface area (Å²) in [6.07, 6.45) is 6.76. The summed E-state index contributed by atoms with van der Waals surface area (Å²) in [4.78, 5) is 16.2. The Kier molecular flexibility index (Phi) is 7.22. The summed E-state index contributed by atoms with van der Waals surface area (Å²) in [6.45, 7) is 2.10. The Morgan fingerprint density at radius 3 is 2.46 bits per heavy atom. The Morgan fingerprint density at radius 2 is 1.69 bits per heavy atom. The first kappa shape index (κ1) is 24.0. The Labute approximate surface area is 209 Å². The van der Waals surface area contributed by atoms with E-state index in [9.17, 15) is 4.79 Å². The molecule has 184 valence electrons. The number of ether oxygens (including phenoxy) is 1. The minimum Gasteiger partial charge on any atom is -0.381 e. The molecule has 0 unspecified atom stereocenters. The Bertz CT molecular complexity index is 1150. The summed E-state index contributed by atoms with van der Waals surface area (Å²) in [7, 11) is 3.96. The third-order valence-corrected chi connectivity index (χ3v) is 8.33. The normalized spacial score (nSPS) is 23.9.